The molecule has 2 N–H and O–H groups in total. The Morgan fingerprint density at radius 3 is 2.68 bits per heavy atom. The second kappa shape index (κ2) is 10.7. The third-order valence-electron chi connectivity index (χ3n) is 5.04. The second-order valence-corrected chi connectivity index (χ2v) is 6.96. The Balaban J connectivity index is 0.00000225. The largest absolute Gasteiger partial charge is 0.493 e. The topological polar surface area (TPSA) is 68.0 Å². The quantitative estimate of drug-likeness (QED) is 0.375. The number of ether oxygens (including phenoxy) is 2. The summed E-state index contributed by atoms with van der Waals surface area (Å²) in [5.74, 6) is 2.78. The van der Waals surface area contributed by atoms with Crippen LogP contribution in [-0.2, 0) is 11.2 Å². The van der Waals surface area contributed by atoms with E-state index in [4.69, 9.17) is 18.9 Å². The number of hydrogen-bond donors (Lipinski definition) is 2. The van der Waals surface area contributed by atoms with Crippen molar-refractivity contribution in [2.45, 2.75) is 37.8 Å². The van der Waals surface area contributed by atoms with E-state index in [0.717, 1.165) is 56.4 Å². The van der Waals surface area contributed by atoms with Gasteiger partial charge in [-0.1, -0.05) is 18.2 Å². The van der Waals surface area contributed by atoms with Crippen molar-refractivity contribution in [1.29, 1.82) is 0 Å². The summed E-state index contributed by atoms with van der Waals surface area (Å²) >= 11 is 0. The zero-order valence-electron chi connectivity index (χ0n) is 15.9. The zero-order chi connectivity index (χ0) is 18.3. The van der Waals surface area contributed by atoms with Crippen LogP contribution in [0.2, 0.25) is 0 Å². The van der Waals surface area contributed by atoms with Gasteiger partial charge in [-0.25, -0.2) is 0 Å². The number of hydrogen-bond acceptors (Lipinski definition) is 4. The Kier molecular flexibility index (Phi) is 8.02. The number of furan rings is 1. The molecule has 152 valence electrons. The lowest BCUT2D eigenvalue weighted by atomic mass is 10.0. The first kappa shape index (κ1) is 21.0. The molecule has 2 aliphatic heterocycles. The fourth-order valence-electron chi connectivity index (χ4n) is 3.56. The van der Waals surface area contributed by atoms with Crippen molar-refractivity contribution < 1.29 is 13.9 Å². The summed E-state index contributed by atoms with van der Waals surface area (Å²) in [4.78, 5) is 4.81. The van der Waals surface area contributed by atoms with Gasteiger partial charge in [-0.15, -0.1) is 24.0 Å². The average molecular weight is 497 g/mol. The first-order valence-electron chi connectivity index (χ1n) is 9.78. The number of nitrogens with one attached hydrogen (secondary N) is 2. The lowest BCUT2D eigenvalue weighted by Gasteiger charge is -2.30. The number of para-hydroxylation sites is 1. The molecule has 3 heterocycles. The van der Waals surface area contributed by atoms with E-state index in [1.807, 2.05) is 24.3 Å². The lowest BCUT2D eigenvalue weighted by molar-refractivity contribution is 0.0821. The van der Waals surface area contributed by atoms with Crippen LogP contribution >= 0.6 is 24.0 Å². The maximum Gasteiger partial charge on any atom is 0.191 e. The molecular formula is C21H28IN3O3. The molecule has 6 nitrogen and oxygen atoms in total. The van der Waals surface area contributed by atoms with Crippen molar-refractivity contribution in [3.05, 3.63) is 54.0 Å². The van der Waals surface area contributed by atoms with Crippen molar-refractivity contribution in [3.8, 4) is 5.75 Å². The molecule has 1 aromatic carbocycles. The van der Waals surface area contributed by atoms with Gasteiger partial charge in [0.1, 0.15) is 11.5 Å². The van der Waals surface area contributed by atoms with Crippen LogP contribution in [0.5, 0.6) is 5.75 Å². The molecule has 2 aliphatic rings. The fourth-order valence-corrected chi connectivity index (χ4v) is 3.56. The van der Waals surface area contributed by atoms with Gasteiger partial charge in [0.15, 0.2) is 5.96 Å². The van der Waals surface area contributed by atoms with Crippen LogP contribution in [0.1, 0.15) is 36.6 Å². The minimum Gasteiger partial charge on any atom is -0.493 e. The molecule has 0 aliphatic carbocycles. The predicted octanol–water partition coefficient (Wildman–Crippen LogP) is 3.68. The van der Waals surface area contributed by atoms with Crippen LogP contribution in [0.3, 0.4) is 0 Å². The maximum absolute atomic E-state index is 5.79. The van der Waals surface area contributed by atoms with E-state index in [2.05, 4.69) is 22.8 Å². The summed E-state index contributed by atoms with van der Waals surface area (Å²) < 4.78 is 16.7. The molecular weight excluding hydrogens is 469 g/mol. The summed E-state index contributed by atoms with van der Waals surface area (Å²) in [5, 5.41) is 7.23. The number of halogens is 1. The molecule has 1 aromatic heterocycles. The zero-order valence-corrected chi connectivity index (χ0v) is 18.3. The SMILES string of the molecule is I.c1coc(CCN=C(NC2CCOCC2)NC2CCOc3ccccc32)c1. The minimum atomic E-state index is 0. The number of guanidine groups is 1. The van der Waals surface area contributed by atoms with E-state index in [-0.39, 0.29) is 30.0 Å². The van der Waals surface area contributed by atoms with Gasteiger partial charge in [0.2, 0.25) is 0 Å². The van der Waals surface area contributed by atoms with Crippen LogP contribution in [0.25, 0.3) is 0 Å². The van der Waals surface area contributed by atoms with Crippen LogP contribution in [-0.4, -0.2) is 38.4 Å². The molecule has 2 aromatic rings. The molecule has 0 spiro atoms. The predicted molar refractivity (Wildman–Crippen MR) is 120 cm³/mol. The molecule has 4 rings (SSSR count). The highest BCUT2D eigenvalue weighted by atomic mass is 127. The highest BCUT2D eigenvalue weighted by Crippen LogP contribution is 2.31. The highest BCUT2D eigenvalue weighted by molar-refractivity contribution is 14.0. The summed E-state index contributed by atoms with van der Waals surface area (Å²) in [6.07, 6.45) is 5.42. The number of rotatable bonds is 5. The van der Waals surface area contributed by atoms with Crippen molar-refractivity contribution in [2.75, 3.05) is 26.4 Å². The normalized spacial score (nSPS) is 19.9. The van der Waals surface area contributed by atoms with E-state index in [0.29, 0.717) is 19.2 Å². The Bertz CT molecular complexity index is 745. The minimum absolute atomic E-state index is 0. The molecule has 1 fully saturated rings. The van der Waals surface area contributed by atoms with Gasteiger partial charge in [-0.05, 0) is 31.0 Å². The van der Waals surface area contributed by atoms with Gasteiger partial charge in [0.05, 0.1) is 18.9 Å². The highest BCUT2D eigenvalue weighted by Gasteiger charge is 2.23. The Morgan fingerprint density at radius 1 is 1.00 bits per heavy atom. The third-order valence-corrected chi connectivity index (χ3v) is 5.04. The standard InChI is InChI=1S/C21H27N3O3.HI/c1-2-6-20-18(5-1)19(10-15-27-20)24-21(23-16-8-13-25-14-9-16)22-11-7-17-4-3-12-26-17;/h1-6,12,16,19H,7-11,13-15H2,(H2,22,23,24);1H. The molecule has 1 saturated heterocycles. The second-order valence-electron chi connectivity index (χ2n) is 6.96. The average Bonchev–Trinajstić information content (AvgIpc) is 3.22. The molecule has 1 unspecified atom stereocenters. The third kappa shape index (κ3) is 5.64. The molecule has 0 saturated carbocycles. The summed E-state index contributed by atoms with van der Waals surface area (Å²) in [6, 6.07) is 12.7. The summed E-state index contributed by atoms with van der Waals surface area (Å²) in [5.41, 5.74) is 1.19. The van der Waals surface area contributed by atoms with Crippen LogP contribution in [0.4, 0.5) is 0 Å². The van der Waals surface area contributed by atoms with Gasteiger partial charge >= 0.3 is 0 Å². The fraction of sp³-hybridized carbons (Fsp3) is 0.476. The van der Waals surface area contributed by atoms with E-state index >= 15 is 0 Å². The van der Waals surface area contributed by atoms with Gasteiger partial charge < -0.3 is 24.5 Å². The number of nitrogens with zero attached hydrogens (tertiary/aromatic N) is 1. The molecule has 0 radical (unpaired) electrons. The van der Waals surface area contributed by atoms with E-state index in [1.54, 1.807) is 6.26 Å². The molecule has 0 amide bonds. The van der Waals surface area contributed by atoms with E-state index in [1.165, 1.54) is 5.56 Å². The first-order valence-corrected chi connectivity index (χ1v) is 9.78. The Hall–Kier alpha value is -1.74. The molecule has 28 heavy (non-hydrogen) atoms. The number of benzene rings is 1. The number of aliphatic imine (C=N–C) groups is 1. The summed E-state index contributed by atoms with van der Waals surface area (Å²) in [7, 11) is 0. The smallest absolute Gasteiger partial charge is 0.191 e. The van der Waals surface area contributed by atoms with E-state index in [9.17, 15) is 0 Å². The molecule has 7 heteroatoms. The van der Waals surface area contributed by atoms with Gasteiger partial charge in [-0.3, -0.25) is 4.99 Å². The Labute approximate surface area is 183 Å². The van der Waals surface area contributed by atoms with Gasteiger partial charge in [0.25, 0.3) is 0 Å². The van der Waals surface area contributed by atoms with Crippen molar-refractivity contribution in [3.63, 3.8) is 0 Å². The monoisotopic (exact) mass is 497 g/mol. The van der Waals surface area contributed by atoms with E-state index < -0.39 is 0 Å². The number of fused-ring (bicyclic) bond motifs is 1. The lowest BCUT2D eigenvalue weighted by Crippen LogP contribution is -2.47. The van der Waals surface area contributed by atoms with Crippen LogP contribution < -0.4 is 15.4 Å². The van der Waals surface area contributed by atoms with Gasteiger partial charge in [0, 0.05) is 44.2 Å². The van der Waals surface area contributed by atoms with Crippen molar-refractivity contribution in [2.24, 2.45) is 4.99 Å². The maximum atomic E-state index is 5.79. The van der Waals surface area contributed by atoms with Crippen LogP contribution in [0, 0.1) is 0 Å². The van der Waals surface area contributed by atoms with Gasteiger partial charge in [-0.2, -0.15) is 0 Å². The van der Waals surface area contributed by atoms with Crippen molar-refractivity contribution in [1.82, 2.24) is 10.6 Å². The first-order chi connectivity index (χ1) is 13.4. The summed E-state index contributed by atoms with van der Waals surface area (Å²) in [6.45, 7) is 3.00. The van der Waals surface area contributed by atoms with Crippen LogP contribution in [0.15, 0.2) is 52.1 Å². The van der Waals surface area contributed by atoms with Crippen molar-refractivity contribution >= 4 is 29.9 Å². The molecule has 0 bridgehead atoms. The Morgan fingerprint density at radius 2 is 1.86 bits per heavy atom. The molecule has 1 atom stereocenters.